The second-order valence-electron chi connectivity index (χ2n) is 2.47. The topological polar surface area (TPSA) is 55.1 Å². The van der Waals surface area contributed by atoms with Gasteiger partial charge in [-0.25, -0.2) is 8.60 Å². The fraction of sp³-hybridized carbons (Fsp3) is 0.250. The first-order valence-corrected chi connectivity index (χ1v) is 5.15. The quantitative estimate of drug-likeness (QED) is 0.730. The highest BCUT2D eigenvalue weighted by Crippen LogP contribution is 2.19. The molecule has 0 spiro atoms. The van der Waals surface area contributed by atoms with Gasteiger partial charge in [-0.2, -0.15) is 0 Å². The Morgan fingerprint density at radius 2 is 2.31 bits per heavy atom. The highest BCUT2D eigenvalue weighted by atomic mass is 32.2. The summed E-state index contributed by atoms with van der Waals surface area (Å²) in [6, 6.07) is 3.93. The van der Waals surface area contributed by atoms with Crippen LogP contribution < -0.4 is 10.5 Å². The van der Waals surface area contributed by atoms with Crippen molar-refractivity contribution in [2.45, 2.75) is 6.92 Å². The molecule has 13 heavy (non-hydrogen) atoms. The molecule has 1 atom stereocenters. The highest BCUT2D eigenvalue weighted by molar-refractivity contribution is 7.86. The van der Waals surface area contributed by atoms with Crippen molar-refractivity contribution in [3.63, 3.8) is 0 Å². The largest absolute Gasteiger partial charge is 0.397 e. The smallest absolute Gasteiger partial charge is 0.125 e. The minimum absolute atomic E-state index is 0.266. The minimum Gasteiger partial charge on any atom is -0.397 e. The molecule has 5 heteroatoms. The SMILES string of the molecule is CCS(=O)Nc1ccc(F)cc1N. The standard InChI is InChI=1S/C8H11FN2OS/c1-2-13(12)11-8-4-3-6(9)5-7(8)10/h3-5,11H,2,10H2,1H3. The van der Waals surface area contributed by atoms with Crippen LogP contribution in [0.4, 0.5) is 15.8 Å². The lowest BCUT2D eigenvalue weighted by Crippen LogP contribution is -2.08. The average molecular weight is 202 g/mol. The molecule has 1 unspecified atom stereocenters. The van der Waals surface area contributed by atoms with Crippen LogP contribution in [-0.2, 0) is 11.0 Å². The second kappa shape index (κ2) is 4.23. The van der Waals surface area contributed by atoms with E-state index in [1.54, 1.807) is 6.92 Å². The summed E-state index contributed by atoms with van der Waals surface area (Å²) in [5.41, 5.74) is 6.25. The van der Waals surface area contributed by atoms with Crippen LogP contribution in [0.3, 0.4) is 0 Å². The van der Waals surface area contributed by atoms with E-state index in [-0.39, 0.29) is 5.69 Å². The maximum atomic E-state index is 12.6. The van der Waals surface area contributed by atoms with E-state index < -0.39 is 16.8 Å². The normalized spacial score (nSPS) is 12.5. The maximum absolute atomic E-state index is 12.6. The van der Waals surface area contributed by atoms with Gasteiger partial charge in [0.05, 0.1) is 11.4 Å². The van der Waals surface area contributed by atoms with Crippen LogP contribution in [0, 0.1) is 5.82 Å². The van der Waals surface area contributed by atoms with Crippen LogP contribution in [-0.4, -0.2) is 9.96 Å². The Kier molecular flexibility index (Phi) is 3.25. The van der Waals surface area contributed by atoms with E-state index in [2.05, 4.69) is 4.72 Å². The third-order valence-corrected chi connectivity index (χ3v) is 2.47. The Morgan fingerprint density at radius 3 is 2.85 bits per heavy atom. The molecule has 0 saturated heterocycles. The summed E-state index contributed by atoms with van der Waals surface area (Å²) in [6.45, 7) is 1.78. The van der Waals surface area contributed by atoms with Gasteiger partial charge in [0.2, 0.25) is 0 Å². The molecule has 0 aliphatic carbocycles. The Hall–Kier alpha value is -1.10. The highest BCUT2D eigenvalue weighted by Gasteiger charge is 2.02. The van der Waals surface area contributed by atoms with Crippen LogP contribution in [0.1, 0.15) is 6.92 Å². The zero-order valence-corrected chi connectivity index (χ0v) is 8.03. The van der Waals surface area contributed by atoms with Crippen molar-refractivity contribution >= 4 is 22.4 Å². The first-order valence-electron chi connectivity index (χ1n) is 3.83. The fourth-order valence-corrected chi connectivity index (χ4v) is 1.40. The molecule has 3 N–H and O–H groups in total. The van der Waals surface area contributed by atoms with E-state index in [0.717, 1.165) is 0 Å². The fourth-order valence-electron chi connectivity index (χ4n) is 0.821. The zero-order valence-electron chi connectivity index (χ0n) is 7.21. The Bertz CT molecular complexity index is 330. The number of halogens is 1. The van der Waals surface area contributed by atoms with Gasteiger partial charge in [-0.15, -0.1) is 0 Å². The molecule has 0 radical (unpaired) electrons. The molecule has 0 bridgehead atoms. The van der Waals surface area contributed by atoms with Crippen molar-refractivity contribution in [2.75, 3.05) is 16.2 Å². The molecular weight excluding hydrogens is 191 g/mol. The van der Waals surface area contributed by atoms with Crippen molar-refractivity contribution in [1.29, 1.82) is 0 Å². The van der Waals surface area contributed by atoms with Gasteiger partial charge in [0.25, 0.3) is 0 Å². The number of anilines is 2. The molecule has 72 valence electrons. The van der Waals surface area contributed by atoms with E-state index >= 15 is 0 Å². The summed E-state index contributed by atoms with van der Waals surface area (Å²) >= 11 is 0. The van der Waals surface area contributed by atoms with Crippen molar-refractivity contribution in [3.05, 3.63) is 24.0 Å². The lowest BCUT2D eigenvalue weighted by atomic mass is 10.3. The van der Waals surface area contributed by atoms with Gasteiger partial charge in [0.1, 0.15) is 16.8 Å². The van der Waals surface area contributed by atoms with E-state index in [9.17, 15) is 8.60 Å². The van der Waals surface area contributed by atoms with Gasteiger partial charge in [-0.05, 0) is 18.2 Å². The molecule has 1 rings (SSSR count). The van der Waals surface area contributed by atoms with Crippen molar-refractivity contribution in [2.24, 2.45) is 0 Å². The predicted octanol–water partition coefficient (Wildman–Crippen LogP) is 1.50. The maximum Gasteiger partial charge on any atom is 0.125 e. The van der Waals surface area contributed by atoms with E-state index in [4.69, 9.17) is 5.73 Å². The molecule has 0 aliphatic rings. The molecule has 0 amide bonds. The Morgan fingerprint density at radius 1 is 1.62 bits per heavy atom. The summed E-state index contributed by atoms with van der Waals surface area (Å²) < 4.78 is 26.3. The van der Waals surface area contributed by atoms with Crippen molar-refractivity contribution in [3.8, 4) is 0 Å². The molecule has 1 aromatic rings. The van der Waals surface area contributed by atoms with E-state index in [1.807, 2.05) is 0 Å². The van der Waals surface area contributed by atoms with Crippen LogP contribution in [0.2, 0.25) is 0 Å². The first-order chi connectivity index (χ1) is 6.13. The molecule has 3 nitrogen and oxygen atoms in total. The number of nitrogen functional groups attached to an aromatic ring is 1. The lowest BCUT2D eigenvalue weighted by Gasteiger charge is -2.06. The van der Waals surface area contributed by atoms with Crippen LogP contribution >= 0.6 is 0 Å². The van der Waals surface area contributed by atoms with Crippen LogP contribution in [0.15, 0.2) is 18.2 Å². The van der Waals surface area contributed by atoms with Crippen LogP contribution in [0.25, 0.3) is 0 Å². The molecule has 0 fully saturated rings. The third-order valence-electron chi connectivity index (χ3n) is 1.50. The van der Waals surface area contributed by atoms with Gasteiger partial charge in [0.15, 0.2) is 0 Å². The van der Waals surface area contributed by atoms with Crippen LogP contribution in [0.5, 0.6) is 0 Å². The molecule has 1 aromatic carbocycles. The number of hydrogen-bond acceptors (Lipinski definition) is 2. The van der Waals surface area contributed by atoms with Gasteiger partial charge in [-0.3, -0.25) is 0 Å². The second-order valence-corrected chi connectivity index (χ2v) is 3.94. The van der Waals surface area contributed by atoms with E-state index in [0.29, 0.717) is 11.4 Å². The monoisotopic (exact) mass is 202 g/mol. The summed E-state index contributed by atoms with van der Waals surface area (Å²) in [7, 11) is -1.15. The summed E-state index contributed by atoms with van der Waals surface area (Å²) in [6.07, 6.45) is 0. The van der Waals surface area contributed by atoms with Gasteiger partial charge in [-0.1, -0.05) is 6.92 Å². The number of nitrogens with one attached hydrogen (secondary N) is 1. The van der Waals surface area contributed by atoms with Gasteiger partial charge >= 0.3 is 0 Å². The molecular formula is C8H11FN2OS. The summed E-state index contributed by atoms with van der Waals surface area (Å²) in [4.78, 5) is 0. The number of hydrogen-bond donors (Lipinski definition) is 2. The molecule has 0 aliphatic heterocycles. The van der Waals surface area contributed by atoms with E-state index in [1.165, 1.54) is 18.2 Å². The van der Waals surface area contributed by atoms with Crippen molar-refractivity contribution in [1.82, 2.24) is 0 Å². The molecule has 0 saturated carbocycles. The summed E-state index contributed by atoms with van der Waals surface area (Å²) in [5, 5.41) is 0. The zero-order chi connectivity index (χ0) is 9.84. The molecule has 0 aromatic heterocycles. The molecule has 0 heterocycles. The predicted molar refractivity (Wildman–Crippen MR) is 53.1 cm³/mol. The average Bonchev–Trinajstić information content (AvgIpc) is 2.09. The third kappa shape index (κ3) is 2.69. The van der Waals surface area contributed by atoms with Crippen molar-refractivity contribution < 1.29 is 8.60 Å². The number of nitrogens with two attached hydrogens (primary N) is 1. The van der Waals surface area contributed by atoms with Gasteiger partial charge < -0.3 is 10.5 Å². The number of rotatable bonds is 3. The number of benzene rings is 1. The first kappa shape index (κ1) is 9.98. The Labute approximate surface area is 78.7 Å². The summed E-state index contributed by atoms with van der Waals surface area (Å²) in [5.74, 6) is 0.0851. The lowest BCUT2D eigenvalue weighted by molar-refractivity contribution is 0.628. The van der Waals surface area contributed by atoms with Gasteiger partial charge in [0, 0.05) is 5.75 Å². The minimum atomic E-state index is -1.15. The Balaban J connectivity index is 2.83.